The van der Waals surface area contributed by atoms with Crippen LogP contribution in [0.3, 0.4) is 0 Å². The molecule has 1 aliphatic heterocycles. The first-order chi connectivity index (χ1) is 11.7. The molecule has 1 aromatic heterocycles. The Kier molecular flexibility index (Phi) is 5.77. The van der Waals surface area contributed by atoms with E-state index in [1.807, 2.05) is 12.1 Å². The number of piperidine rings is 1. The molecule has 2 heterocycles. The second-order valence-corrected chi connectivity index (χ2v) is 6.98. The van der Waals surface area contributed by atoms with Crippen molar-refractivity contribution in [3.8, 4) is 5.75 Å². The van der Waals surface area contributed by atoms with Crippen LogP contribution < -0.4 is 10.1 Å². The lowest BCUT2D eigenvalue weighted by Crippen LogP contribution is -2.26. The van der Waals surface area contributed by atoms with Gasteiger partial charge in [-0.1, -0.05) is 12.1 Å². The molecule has 0 unspecified atom stereocenters. The highest BCUT2D eigenvalue weighted by atomic mass is 32.1. The lowest BCUT2D eigenvalue weighted by atomic mass is 9.99. The molecule has 0 radical (unpaired) electrons. The summed E-state index contributed by atoms with van der Waals surface area (Å²) >= 11 is 1.73. The molecule has 2 aromatic rings. The molecular formula is C17H21N3O3S. The zero-order chi connectivity index (χ0) is 16.8. The maximum absolute atomic E-state index is 10.5. The second-order valence-electron chi connectivity index (χ2n) is 5.88. The minimum atomic E-state index is -0.972. The maximum atomic E-state index is 10.5. The number of nitrogens with zero attached hydrogens (tertiary/aromatic N) is 2. The van der Waals surface area contributed by atoms with Crippen molar-refractivity contribution in [2.75, 3.05) is 19.7 Å². The number of aryl methyl sites for hydroxylation is 2. The van der Waals surface area contributed by atoms with E-state index in [9.17, 15) is 4.79 Å². The van der Waals surface area contributed by atoms with Crippen LogP contribution in [0.4, 0.5) is 0 Å². The molecule has 1 saturated heterocycles. The Morgan fingerprint density at radius 2 is 1.96 bits per heavy atom. The predicted molar refractivity (Wildman–Crippen MR) is 91.7 cm³/mol. The molecule has 0 bridgehead atoms. The number of nitrogens with one attached hydrogen (secondary N) is 1. The van der Waals surface area contributed by atoms with Crippen molar-refractivity contribution in [1.82, 2.24) is 15.5 Å². The number of carboxylic acids is 1. The number of benzene rings is 1. The van der Waals surface area contributed by atoms with Crippen LogP contribution in [0.5, 0.6) is 5.75 Å². The fraction of sp³-hybridized carbons (Fsp3) is 0.471. The molecule has 0 saturated carbocycles. The molecule has 0 aliphatic carbocycles. The number of hydrogen-bond donors (Lipinski definition) is 2. The van der Waals surface area contributed by atoms with E-state index < -0.39 is 5.97 Å². The summed E-state index contributed by atoms with van der Waals surface area (Å²) in [6, 6.07) is 7.54. The van der Waals surface area contributed by atoms with Crippen molar-refractivity contribution in [2.45, 2.75) is 31.6 Å². The van der Waals surface area contributed by atoms with Crippen molar-refractivity contribution in [1.29, 1.82) is 0 Å². The summed E-state index contributed by atoms with van der Waals surface area (Å²) in [7, 11) is 0. The Balaban J connectivity index is 1.50. The molecule has 0 amide bonds. The highest BCUT2D eigenvalue weighted by Crippen LogP contribution is 2.28. The predicted octanol–water partition coefficient (Wildman–Crippen LogP) is 2.25. The molecular weight excluding hydrogens is 326 g/mol. The number of aromatic nitrogens is 2. The van der Waals surface area contributed by atoms with Crippen LogP contribution in [0, 0.1) is 0 Å². The highest BCUT2D eigenvalue weighted by molar-refractivity contribution is 7.11. The fourth-order valence-electron chi connectivity index (χ4n) is 2.75. The molecule has 2 N–H and O–H groups in total. The van der Waals surface area contributed by atoms with Gasteiger partial charge in [0, 0.05) is 12.3 Å². The Labute approximate surface area is 144 Å². The summed E-state index contributed by atoms with van der Waals surface area (Å²) in [6.45, 7) is 1.81. The van der Waals surface area contributed by atoms with E-state index in [0.29, 0.717) is 11.7 Å². The van der Waals surface area contributed by atoms with Crippen molar-refractivity contribution >= 4 is 17.3 Å². The van der Waals surface area contributed by atoms with Gasteiger partial charge in [-0.05, 0) is 50.0 Å². The van der Waals surface area contributed by atoms with Crippen LogP contribution >= 0.6 is 11.3 Å². The third kappa shape index (κ3) is 4.75. The number of rotatable bonds is 7. The Hall–Kier alpha value is -1.99. The summed E-state index contributed by atoms with van der Waals surface area (Å²) in [5, 5.41) is 22.9. The number of aliphatic carboxylic acids is 1. The van der Waals surface area contributed by atoms with Crippen molar-refractivity contribution in [3.63, 3.8) is 0 Å². The van der Waals surface area contributed by atoms with Gasteiger partial charge in [0.25, 0.3) is 0 Å². The number of carbonyl (C=O) groups is 1. The number of carboxylic acid groups (broad SMARTS) is 1. The number of hydrogen-bond acceptors (Lipinski definition) is 6. The lowest BCUT2D eigenvalue weighted by Gasteiger charge is -2.19. The van der Waals surface area contributed by atoms with E-state index >= 15 is 0 Å². The average Bonchev–Trinajstić information content (AvgIpc) is 3.09. The summed E-state index contributed by atoms with van der Waals surface area (Å²) in [4.78, 5) is 10.5. The molecule has 1 aromatic carbocycles. The number of ether oxygens (including phenoxy) is 1. The van der Waals surface area contributed by atoms with E-state index in [0.717, 1.165) is 43.8 Å². The van der Waals surface area contributed by atoms with Gasteiger partial charge < -0.3 is 15.2 Å². The Bertz CT molecular complexity index is 666. The first-order valence-corrected chi connectivity index (χ1v) is 8.99. The lowest BCUT2D eigenvalue weighted by molar-refractivity contribution is -0.139. The molecule has 0 spiro atoms. The smallest absolute Gasteiger partial charge is 0.341 e. The minimum Gasteiger partial charge on any atom is -0.482 e. The Morgan fingerprint density at radius 1 is 1.21 bits per heavy atom. The summed E-state index contributed by atoms with van der Waals surface area (Å²) in [6.07, 6.45) is 4.05. The van der Waals surface area contributed by atoms with Crippen molar-refractivity contribution in [3.05, 3.63) is 39.8 Å². The maximum Gasteiger partial charge on any atom is 0.341 e. The van der Waals surface area contributed by atoms with Crippen molar-refractivity contribution < 1.29 is 14.6 Å². The molecule has 24 heavy (non-hydrogen) atoms. The standard InChI is InChI=1S/C17H21N3O3S/c21-16(22)11-23-14-4-1-12(2-5-14)3-6-15-19-20-17(24-15)13-7-9-18-10-8-13/h1-2,4-5,13,18H,3,6-11H2,(H,21,22). The van der Waals surface area contributed by atoms with Crippen LogP contribution in [0.25, 0.3) is 0 Å². The summed E-state index contributed by atoms with van der Waals surface area (Å²) in [5.74, 6) is 0.160. The van der Waals surface area contributed by atoms with Crippen LogP contribution in [-0.2, 0) is 17.6 Å². The molecule has 3 rings (SSSR count). The van der Waals surface area contributed by atoms with E-state index in [4.69, 9.17) is 9.84 Å². The summed E-state index contributed by atoms with van der Waals surface area (Å²) < 4.78 is 5.13. The topological polar surface area (TPSA) is 84.3 Å². The SMILES string of the molecule is O=C(O)COc1ccc(CCc2nnc(C3CCNCC3)s2)cc1. The van der Waals surface area contributed by atoms with Gasteiger partial charge in [0.15, 0.2) is 6.61 Å². The molecule has 7 heteroatoms. The molecule has 0 atom stereocenters. The van der Waals surface area contributed by atoms with E-state index in [2.05, 4.69) is 15.5 Å². The van der Waals surface area contributed by atoms with Gasteiger partial charge in [0.1, 0.15) is 15.8 Å². The molecule has 1 aliphatic rings. The van der Waals surface area contributed by atoms with Gasteiger partial charge in [-0.25, -0.2) is 4.79 Å². The minimum absolute atomic E-state index is 0.316. The third-order valence-electron chi connectivity index (χ3n) is 4.08. The molecule has 1 fully saturated rings. The zero-order valence-corrected chi connectivity index (χ0v) is 14.2. The fourth-order valence-corrected chi connectivity index (χ4v) is 3.76. The Morgan fingerprint density at radius 3 is 2.67 bits per heavy atom. The zero-order valence-electron chi connectivity index (χ0n) is 13.4. The first kappa shape index (κ1) is 16.9. The normalized spacial score (nSPS) is 15.3. The van der Waals surface area contributed by atoms with E-state index in [1.165, 1.54) is 10.6 Å². The van der Waals surface area contributed by atoms with Crippen LogP contribution in [0.2, 0.25) is 0 Å². The average molecular weight is 347 g/mol. The van der Waals surface area contributed by atoms with Crippen LogP contribution in [0.15, 0.2) is 24.3 Å². The molecule has 6 nitrogen and oxygen atoms in total. The van der Waals surface area contributed by atoms with Crippen LogP contribution in [-0.4, -0.2) is 41.0 Å². The second kappa shape index (κ2) is 8.21. The largest absolute Gasteiger partial charge is 0.482 e. The monoisotopic (exact) mass is 347 g/mol. The highest BCUT2D eigenvalue weighted by Gasteiger charge is 2.19. The quantitative estimate of drug-likeness (QED) is 0.799. The summed E-state index contributed by atoms with van der Waals surface area (Å²) in [5.41, 5.74) is 1.18. The van der Waals surface area contributed by atoms with E-state index in [-0.39, 0.29) is 6.61 Å². The van der Waals surface area contributed by atoms with Gasteiger partial charge in [0.2, 0.25) is 0 Å². The van der Waals surface area contributed by atoms with Crippen molar-refractivity contribution in [2.24, 2.45) is 0 Å². The molecule has 128 valence electrons. The third-order valence-corrected chi connectivity index (χ3v) is 5.23. The van der Waals surface area contributed by atoms with Gasteiger partial charge in [-0.3, -0.25) is 0 Å². The van der Waals surface area contributed by atoms with Gasteiger partial charge in [-0.2, -0.15) is 0 Å². The van der Waals surface area contributed by atoms with E-state index in [1.54, 1.807) is 23.5 Å². The van der Waals surface area contributed by atoms with Gasteiger partial charge in [0.05, 0.1) is 0 Å². The van der Waals surface area contributed by atoms with Gasteiger partial charge >= 0.3 is 5.97 Å². The first-order valence-electron chi connectivity index (χ1n) is 8.17. The van der Waals surface area contributed by atoms with Crippen LogP contribution in [0.1, 0.15) is 34.3 Å². The van der Waals surface area contributed by atoms with Gasteiger partial charge in [-0.15, -0.1) is 21.5 Å².